The molecule has 3 aromatic rings. The Bertz CT molecular complexity index is 942. The molecule has 0 saturated carbocycles. The first-order valence-electron chi connectivity index (χ1n) is 9.20. The summed E-state index contributed by atoms with van der Waals surface area (Å²) in [6.45, 7) is 0.635. The van der Waals surface area contributed by atoms with Crippen LogP contribution < -0.4 is 9.47 Å². The van der Waals surface area contributed by atoms with Crippen LogP contribution in [0.25, 0.3) is 11.4 Å². The van der Waals surface area contributed by atoms with Crippen molar-refractivity contribution in [3.05, 3.63) is 60.5 Å². The van der Waals surface area contributed by atoms with Gasteiger partial charge in [-0.3, -0.25) is 4.79 Å². The summed E-state index contributed by atoms with van der Waals surface area (Å²) in [5, 5.41) is 4.08. The minimum absolute atomic E-state index is 0.0165. The number of hydrogen-bond acceptors (Lipinski definition) is 6. The SMILES string of the molecule is COc1cccc(-c2noc(C3CCCN3C(=O)COc3ccccc3)n2)c1. The molecular formula is C21H21N3O4. The maximum absolute atomic E-state index is 12.7. The number of para-hydroxylation sites is 1. The molecule has 0 N–H and O–H groups in total. The molecule has 0 radical (unpaired) electrons. The van der Waals surface area contributed by atoms with E-state index in [4.69, 9.17) is 14.0 Å². The average molecular weight is 379 g/mol. The van der Waals surface area contributed by atoms with Crippen molar-refractivity contribution in [2.24, 2.45) is 0 Å². The number of ether oxygens (including phenoxy) is 2. The number of likely N-dealkylation sites (tertiary alicyclic amines) is 1. The summed E-state index contributed by atoms with van der Waals surface area (Å²) in [6, 6.07) is 16.5. The van der Waals surface area contributed by atoms with Gasteiger partial charge < -0.3 is 18.9 Å². The Hall–Kier alpha value is -3.35. The summed E-state index contributed by atoms with van der Waals surface area (Å²) >= 11 is 0. The topological polar surface area (TPSA) is 77.7 Å². The predicted octanol–water partition coefficient (Wildman–Crippen LogP) is 3.49. The van der Waals surface area contributed by atoms with Crippen molar-refractivity contribution >= 4 is 5.91 Å². The molecular weight excluding hydrogens is 358 g/mol. The average Bonchev–Trinajstić information content (AvgIpc) is 3.42. The van der Waals surface area contributed by atoms with Crippen molar-refractivity contribution in [1.82, 2.24) is 15.0 Å². The zero-order valence-corrected chi connectivity index (χ0v) is 15.6. The third-order valence-corrected chi connectivity index (χ3v) is 4.73. The number of carbonyl (C=O) groups is 1. The van der Waals surface area contributed by atoms with Crippen LogP contribution in [0.4, 0.5) is 0 Å². The van der Waals surface area contributed by atoms with E-state index in [9.17, 15) is 4.79 Å². The summed E-state index contributed by atoms with van der Waals surface area (Å²) < 4.78 is 16.3. The summed E-state index contributed by atoms with van der Waals surface area (Å²) in [7, 11) is 1.61. The van der Waals surface area contributed by atoms with E-state index in [1.807, 2.05) is 54.6 Å². The minimum Gasteiger partial charge on any atom is -0.497 e. The fourth-order valence-electron chi connectivity index (χ4n) is 3.32. The zero-order chi connectivity index (χ0) is 19.3. The van der Waals surface area contributed by atoms with Crippen molar-refractivity contribution in [3.63, 3.8) is 0 Å². The van der Waals surface area contributed by atoms with Crippen molar-refractivity contribution in [3.8, 4) is 22.9 Å². The number of rotatable bonds is 6. The summed E-state index contributed by atoms with van der Waals surface area (Å²) in [4.78, 5) is 18.9. The first kappa shape index (κ1) is 18.0. The molecule has 1 unspecified atom stereocenters. The van der Waals surface area contributed by atoms with Gasteiger partial charge in [-0.25, -0.2) is 0 Å². The van der Waals surface area contributed by atoms with Gasteiger partial charge in [-0.1, -0.05) is 35.5 Å². The number of aromatic nitrogens is 2. The molecule has 144 valence electrons. The quantitative estimate of drug-likeness (QED) is 0.652. The van der Waals surface area contributed by atoms with Crippen LogP contribution in [-0.4, -0.2) is 41.2 Å². The van der Waals surface area contributed by atoms with Gasteiger partial charge in [0.1, 0.15) is 17.5 Å². The molecule has 7 heteroatoms. The zero-order valence-electron chi connectivity index (χ0n) is 15.6. The van der Waals surface area contributed by atoms with Gasteiger partial charge in [0, 0.05) is 12.1 Å². The van der Waals surface area contributed by atoms with E-state index >= 15 is 0 Å². The Labute approximate surface area is 162 Å². The smallest absolute Gasteiger partial charge is 0.261 e. The summed E-state index contributed by atoms with van der Waals surface area (Å²) in [5.74, 6) is 2.23. The molecule has 7 nitrogen and oxygen atoms in total. The van der Waals surface area contributed by atoms with Crippen molar-refractivity contribution in [1.29, 1.82) is 0 Å². The van der Waals surface area contributed by atoms with Gasteiger partial charge in [-0.15, -0.1) is 0 Å². The third-order valence-electron chi connectivity index (χ3n) is 4.73. The molecule has 1 aromatic heterocycles. The van der Waals surface area contributed by atoms with Gasteiger partial charge in [0.05, 0.1) is 7.11 Å². The van der Waals surface area contributed by atoms with Gasteiger partial charge >= 0.3 is 0 Å². The molecule has 1 aliphatic heterocycles. The highest BCUT2D eigenvalue weighted by Crippen LogP contribution is 2.32. The fourth-order valence-corrected chi connectivity index (χ4v) is 3.32. The van der Waals surface area contributed by atoms with Gasteiger partial charge in [0.2, 0.25) is 11.7 Å². The van der Waals surface area contributed by atoms with Crippen LogP contribution in [-0.2, 0) is 4.79 Å². The lowest BCUT2D eigenvalue weighted by Crippen LogP contribution is -2.34. The van der Waals surface area contributed by atoms with E-state index in [-0.39, 0.29) is 18.6 Å². The second-order valence-corrected chi connectivity index (χ2v) is 6.54. The second kappa shape index (κ2) is 8.12. The van der Waals surface area contributed by atoms with Gasteiger partial charge in [0.25, 0.3) is 5.91 Å². The highest BCUT2D eigenvalue weighted by atomic mass is 16.5. The van der Waals surface area contributed by atoms with Crippen LogP contribution in [0.15, 0.2) is 59.1 Å². The fraction of sp³-hybridized carbons (Fsp3) is 0.286. The molecule has 1 aliphatic rings. The first-order chi connectivity index (χ1) is 13.7. The first-order valence-corrected chi connectivity index (χ1v) is 9.20. The van der Waals surface area contributed by atoms with Crippen LogP contribution in [0.3, 0.4) is 0 Å². The van der Waals surface area contributed by atoms with Crippen molar-refractivity contribution in [2.45, 2.75) is 18.9 Å². The summed E-state index contributed by atoms with van der Waals surface area (Å²) in [5.41, 5.74) is 0.803. The molecule has 0 spiro atoms. The Kier molecular flexibility index (Phi) is 5.23. The maximum atomic E-state index is 12.7. The van der Waals surface area contributed by atoms with Crippen LogP contribution in [0, 0.1) is 0 Å². The van der Waals surface area contributed by atoms with Crippen LogP contribution in [0.1, 0.15) is 24.8 Å². The summed E-state index contributed by atoms with van der Waals surface area (Å²) in [6.07, 6.45) is 1.68. The molecule has 1 atom stereocenters. The normalized spacial score (nSPS) is 16.2. The van der Waals surface area contributed by atoms with Gasteiger partial charge in [-0.2, -0.15) is 4.98 Å². The molecule has 0 aliphatic carbocycles. The van der Waals surface area contributed by atoms with E-state index < -0.39 is 0 Å². The molecule has 2 aromatic carbocycles. The van der Waals surface area contributed by atoms with E-state index in [1.165, 1.54) is 0 Å². The van der Waals surface area contributed by atoms with Crippen LogP contribution in [0.5, 0.6) is 11.5 Å². The largest absolute Gasteiger partial charge is 0.497 e. The van der Waals surface area contributed by atoms with E-state index in [0.29, 0.717) is 24.0 Å². The number of carbonyl (C=O) groups excluding carboxylic acids is 1. The third kappa shape index (κ3) is 3.83. The molecule has 1 fully saturated rings. The highest BCUT2D eigenvalue weighted by molar-refractivity contribution is 5.78. The Morgan fingerprint density at radius 2 is 2.00 bits per heavy atom. The number of benzene rings is 2. The number of hydrogen-bond donors (Lipinski definition) is 0. The number of amides is 1. The highest BCUT2D eigenvalue weighted by Gasteiger charge is 2.34. The molecule has 1 saturated heterocycles. The predicted molar refractivity (Wildman–Crippen MR) is 102 cm³/mol. The van der Waals surface area contributed by atoms with Crippen molar-refractivity contribution in [2.75, 3.05) is 20.3 Å². The maximum Gasteiger partial charge on any atom is 0.261 e. The minimum atomic E-state index is -0.223. The molecule has 0 bridgehead atoms. The number of nitrogens with zero attached hydrogens (tertiary/aromatic N) is 3. The van der Waals surface area contributed by atoms with E-state index in [0.717, 1.165) is 24.2 Å². The lowest BCUT2D eigenvalue weighted by atomic mass is 10.2. The lowest BCUT2D eigenvalue weighted by molar-refractivity contribution is -0.134. The molecule has 28 heavy (non-hydrogen) atoms. The van der Waals surface area contributed by atoms with Crippen LogP contribution in [0.2, 0.25) is 0 Å². The Morgan fingerprint density at radius 1 is 1.18 bits per heavy atom. The Balaban J connectivity index is 1.46. The van der Waals surface area contributed by atoms with Crippen molar-refractivity contribution < 1.29 is 18.8 Å². The lowest BCUT2D eigenvalue weighted by Gasteiger charge is -2.21. The molecule has 2 heterocycles. The van der Waals surface area contributed by atoms with Crippen LogP contribution >= 0.6 is 0 Å². The van der Waals surface area contributed by atoms with Gasteiger partial charge in [-0.05, 0) is 37.1 Å². The number of methoxy groups -OCH3 is 1. The Morgan fingerprint density at radius 3 is 2.82 bits per heavy atom. The van der Waals surface area contributed by atoms with E-state index in [2.05, 4.69) is 10.1 Å². The molecule has 4 rings (SSSR count). The second-order valence-electron chi connectivity index (χ2n) is 6.54. The standard InChI is InChI=1S/C21H21N3O4/c1-26-17-10-5-7-15(13-17)20-22-21(28-23-20)18-11-6-12-24(18)19(25)14-27-16-8-3-2-4-9-16/h2-5,7-10,13,18H,6,11-12,14H2,1H3. The van der Waals surface area contributed by atoms with Gasteiger partial charge in [0.15, 0.2) is 6.61 Å². The van der Waals surface area contributed by atoms with E-state index in [1.54, 1.807) is 12.0 Å². The molecule has 1 amide bonds. The monoisotopic (exact) mass is 379 g/mol.